The molecule has 0 spiro atoms. The van der Waals surface area contributed by atoms with Crippen molar-refractivity contribution in [3.63, 3.8) is 0 Å². The van der Waals surface area contributed by atoms with Crippen LogP contribution in [0.2, 0.25) is 0 Å². The Morgan fingerprint density at radius 1 is 1.83 bits per heavy atom. The van der Waals surface area contributed by atoms with Gasteiger partial charge in [-0.25, -0.2) is 0 Å². The summed E-state index contributed by atoms with van der Waals surface area (Å²) in [5, 5.41) is 0. The first kappa shape index (κ1) is 9.81. The van der Waals surface area contributed by atoms with Crippen molar-refractivity contribution in [1.82, 2.24) is 0 Å². The molecular formula is C3H10AlOP. The molecule has 0 aliphatic carbocycles. The topological polar surface area (TPSA) is 17.1 Å². The third-order valence-electron chi connectivity index (χ3n) is 0.287. The van der Waals surface area contributed by atoms with Crippen LogP contribution in [0.1, 0.15) is 6.92 Å². The quantitative estimate of drug-likeness (QED) is 0.277. The minimum absolute atomic E-state index is 0. The predicted molar refractivity (Wildman–Crippen MR) is 35.5 cm³/mol. The summed E-state index contributed by atoms with van der Waals surface area (Å²) in [7, 11) is 0.517. The lowest BCUT2D eigenvalue weighted by Gasteiger charge is -1.69. The highest BCUT2D eigenvalue weighted by molar-refractivity contribution is 7.54. The van der Waals surface area contributed by atoms with Gasteiger partial charge in [0.15, 0.2) is 17.4 Å². The van der Waals surface area contributed by atoms with Gasteiger partial charge in [0.2, 0.25) is 0 Å². The number of hydrogen-bond acceptors (Lipinski definition) is 1. The van der Waals surface area contributed by atoms with E-state index in [1.54, 1.807) is 0 Å². The van der Waals surface area contributed by atoms with E-state index in [2.05, 4.69) is 0 Å². The van der Waals surface area contributed by atoms with Gasteiger partial charge < -0.3 is 0 Å². The molecule has 0 aromatic heterocycles. The Hall–Kier alpha value is 0.632. The van der Waals surface area contributed by atoms with Gasteiger partial charge >= 0.3 is 0 Å². The fraction of sp³-hybridized carbons (Fsp3) is 0.667. The lowest BCUT2D eigenvalue weighted by Crippen LogP contribution is -1.55. The summed E-state index contributed by atoms with van der Waals surface area (Å²) in [6, 6.07) is 0.958. The van der Waals surface area contributed by atoms with Crippen molar-refractivity contribution in [3.8, 4) is 0 Å². The second kappa shape index (κ2) is 9.16. The Morgan fingerprint density at radius 2 is 2.33 bits per heavy atom. The molecule has 1 atom stereocenters. The third kappa shape index (κ3) is 8.82. The molecule has 0 N–H and O–H groups in total. The van der Waals surface area contributed by atoms with E-state index in [1.165, 1.54) is 0 Å². The van der Waals surface area contributed by atoms with E-state index in [9.17, 15) is 4.79 Å². The first-order valence-corrected chi connectivity index (χ1v) is 2.87. The van der Waals surface area contributed by atoms with Gasteiger partial charge in [-0.3, -0.25) is 4.79 Å². The van der Waals surface area contributed by atoms with Crippen LogP contribution >= 0.6 is 8.58 Å². The molecule has 36 valence electrons. The number of carbonyl (C=O) groups is 1. The number of rotatable bonds is 2. The third-order valence-corrected chi connectivity index (χ3v) is 0.862. The Kier molecular flexibility index (Phi) is 15.0. The van der Waals surface area contributed by atoms with Gasteiger partial charge in [0.1, 0.15) is 6.03 Å². The maximum atomic E-state index is 9.42. The average molecular weight is 120 g/mol. The summed E-state index contributed by atoms with van der Waals surface area (Å²) in [5.74, 6) is 0. The van der Waals surface area contributed by atoms with E-state index in [1.807, 2.05) is 6.92 Å². The van der Waals surface area contributed by atoms with Crippen molar-refractivity contribution >= 4 is 32.0 Å². The zero-order valence-corrected chi connectivity index (χ0v) is 4.19. The first-order chi connectivity index (χ1) is 2.41. The van der Waals surface area contributed by atoms with Crippen LogP contribution in [0, 0.1) is 0 Å². The van der Waals surface area contributed by atoms with E-state index in [0.717, 1.165) is 12.2 Å². The van der Waals surface area contributed by atoms with Gasteiger partial charge in [-0.05, 0) is 6.16 Å². The van der Waals surface area contributed by atoms with Crippen LogP contribution in [0.15, 0.2) is 0 Å². The largest absolute Gasteiger partial charge is 0.299 e. The van der Waals surface area contributed by atoms with E-state index in [-0.39, 0.29) is 17.4 Å². The molecule has 0 aromatic rings. The molecule has 0 saturated heterocycles. The van der Waals surface area contributed by atoms with Crippen LogP contribution in [-0.4, -0.2) is 29.6 Å². The van der Waals surface area contributed by atoms with Gasteiger partial charge in [-0.2, -0.15) is 0 Å². The van der Waals surface area contributed by atoms with Crippen LogP contribution < -0.4 is 0 Å². The molecule has 0 aromatic carbocycles. The zero-order chi connectivity index (χ0) is 4.12. The highest BCUT2D eigenvalue weighted by Gasteiger charge is 1.65. The molecule has 0 saturated carbocycles. The van der Waals surface area contributed by atoms with Crippen LogP contribution in [0.3, 0.4) is 0 Å². The van der Waals surface area contributed by atoms with Gasteiger partial charge in [0.05, 0.1) is 0 Å². The predicted octanol–water partition coefficient (Wildman–Crippen LogP) is -0.309. The molecule has 0 aliphatic heterocycles. The first-order valence-electron chi connectivity index (χ1n) is 1.59. The molecule has 0 bridgehead atoms. The molecule has 0 aliphatic rings. The van der Waals surface area contributed by atoms with E-state index >= 15 is 0 Å². The van der Waals surface area contributed by atoms with Crippen molar-refractivity contribution < 1.29 is 4.79 Å². The Balaban J connectivity index is 0. The maximum absolute atomic E-state index is 9.42. The van der Waals surface area contributed by atoms with Crippen LogP contribution in [0.5, 0.6) is 0 Å². The molecule has 6 heavy (non-hydrogen) atoms. The van der Waals surface area contributed by atoms with Crippen LogP contribution in [0.4, 0.5) is 0 Å². The smallest absolute Gasteiger partial charge is 0.187 e. The molecule has 0 heterocycles. The standard InChI is InChI=1S/C3H7OP.Al.3H/c1-2-5-3-4;;;;/h3,5H,2H2,1H3;;;;. The minimum atomic E-state index is 0. The molecular weight excluding hydrogens is 110 g/mol. The second-order valence-corrected chi connectivity index (χ2v) is 2.03. The Labute approximate surface area is 50.4 Å². The summed E-state index contributed by atoms with van der Waals surface area (Å²) in [4.78, 5) is 9.42. The highest BCUT2D eigenvalue weighted by Crippen LogP contribution is 1.97. The van der Waals surface area contributed by atoms with Gasteiger partial charge in [-0.1, -0.05) is 15.5 Å². The van der Waals surface area contributed by atoms with Crippen LogP contribution in [0.25, 0.3) is 0 Å². The minimum Gasteiger partial charge on any atom is -0.299 e. The maximum Gasteiger partial charge on any atom is 0.187 e. The lowest BCUT2D eigenvalue weighted by atomic mass is 11.0. The lowest BCUT2D eigenvalue weighted by molar-refractivity contribution is 0.569. The van der Waals surface area contributed by atoms with Gasteiger partial charge in [0.25, 0.3) is 0 Å². The number of hydrogen-bond donors (Lipinski definition) is 0. The average Bonchev–Trinajstić information content (AvgIpc) is 1.41. The summed E-state index contributed by atoms with van der Waals surface area (Å²) in [6.07, 6.45) is 1.00. The Bertz CT molecular complexity index is 32.0. The summed E-state index contributed by atoms with van der Waals surface area (Å²) >= 11 is 0. The van der Waals surface area contributed by atoms with Crippen LogP contribution in [-0.2, 0) is 4.79 Å². The molecule has 0 fully saturated rings. The van der Waals surface area contributed by atoms with E-state index < -0.39 is 0 Å². The van der Waals surface area contributed by atoms with E-state index in [4.69, 9.17) is 0 Å². The Morgan fingerprint density at radius 3 is 2.33 bits per heavy atom. The fourth-order valence-electron chi connectivity index (χ4n) is 0.0833. The number of carbonyl (C=O) groups excluding carboxylic acids is 1. The molecule has 0 rings (SSSR count). The SMILES string of the molecule is CCPC=O.[AlH3]. The molecule has 0 radical (unpaired) electrons. The molecule has 1 nitrogen and oxygen atoms in total. The van der Waals surface area contributed by atoms with Crippen molar-refractivity contribution in [2.24, 2.45) is 0 Å². The fourth-order valence-corrected chi connectivity index (χ4v) is 0.250. The molecule has 1 unspecified atom stereocenters. The zero-order valence-electron chi connectivity index (χ0n) is 3.19. The molecule has 3 heteroatoms. The van der Waals surface area contributed by atoms with Crippen molar-refractivity contribution in [1.29, 1.82) is 0 Å². The monoisotopic (exact) mass is 120 g/mol. The van der Waals surface area contributed by atoms with Crippen molar-refractivity contribution in [2.75, 3.05) is 6.16 Å². The summed E-state index contributed by atoms with van der Waals surface area (Å²) in [6.45, 7) is 1.99. The van der Waals surface area contributed by atoms with Gasteiger partial charge in [-0.15, -0.1) is 0 Å². The second-order valence-electron chi connectivity index (χ2n) is 0.676. The van der Waals surface area contributed by atoms with Crippen molar-refractivity contribution in [3.05, 3.63) is 0 Å². The van der Waals surface area contributed by atoms with Crippen molar-refractivity contribution in [2.45, 2.75) is 6.92 Å². The van der Waals surface area contributed by atoms with Gasteiger partial charge in [0, 0.05) is 0 Å². The normalized spacial score (nSPS) is 8.17. The van der Waals surface area contributed by atoms with E-state index in [0.29, 0.717) is 8.58 Å². The highest BCUT2D eigenvalue weighted by atomic mass is 31.1. The molecule has 0 amide bonds. The summed E-state index contributed by atoms with van der Waals surface area (Å²) < 4.78 is 0. The summed E-state index contributed by atoms with van der Waals surface area (Å²) in [5.41, 5.74) is 0.